The lowest BCUT2D eigenvalue weighted by Crippen LogP contribution is -2.57. The number of piperazine rings is 1. The van der Waals surface area contributed by atoms with E-state index in [2.05, 4.69) is 46.7 Å². The lowest BCUT2D eigenvalue weighted by Gasteiger charge is -2.40. The van der Waals surface area contributed by atoms with E-state index < -0.39 is 12.0 Å². The zero-order valence-electron chi connectivity index (χ0n) is 14.6. The summed E-state index contributed by atoms with van der Waals surface area (Å²) in [6, 6.07) is 13.9. The largest absolute Gasteiger partial charge is 0.480 e. The highest BCUT2D eigenvalue weighted by Crippen LogP contribution is 2.22. The molecule has 2 unspecified atom stereocenters. The van der Waals surface area contributed by atoms with Crippen molar-refractivity contribution in [2.24, 2.45) is 5.73 Å². The fourth-order valence-electron chi connectivity index (χ4n) is 3.50. The quantitative estimate of drug-likeness (QED) is 0.653. The standard InChI is InChI=1S/C19H25N3O2S.ClH/c20-16(13-25)11-21-8-9-22(18(12-21)19(23)24)10-15-6-3-5-14-4-1-2-7-17(14)15;/h1-7,16,18,25H,8-13,20H2,(H,23,24);1H. The zero-order valence-corrected chi connectivity index (χ0v) is 16.3. The number of benzene rings is 2. The predicted octanol–water partition coefficient (Wildman–Crippen LogP) is 2.09. The van der Waals surface area contributed by atoms with Gasteiger partial charge in [-0.05, 0) is 16.3 Å². The molecule has 1 aliphatic rings. The minimum atomic E-state index is -0.774. The van der Waals surface area contributed by atoms with Crippen molar-refractivity contribution in [2.45, 2.75) is 18.6 Å². The number of carboxylic acids is 1. The molecule has 5 nitrogen and oxygen atoms in total. The molecule has 0 aromatic heterocycles. The van der Waals surface area contributed by atoms with Crippen molar-refractivity contribution in [3.63, 3.8) is 0 Å². The van der Waals surface area contributed by atoms with Crippen LogP contribution in [0.2, 0.25) is 0 Å². The third-order valence-electron chi connectivity index (χ3n) is 4.84. The summed E-state index contributed by atoms with van der Waals surface area (Å²) in [6.45, 7) is 3.39. The predicted molar refractivity (Wildman–Crippen MR) is 111 cm³/mol. The first-order valence-electron chi connectivity index (χ1n) is 8.60. The third-order valence-corrected chi connectivity index (χ3v) is 5.31. The first kappa shape index (κ1) is 21.0. The van der Waals surface area contributed by atoms with Crippen LogP contribution in [0, 0.1) is 0 Å². The van der Waals surface area contributed by atoms with Gasteiger partial charge in [0.1, 0.15) is 6.04 Å². The molecule has 1 heterocycles. The lowest BCUT2D eigenvalue weighted by molar-refractivity contribution is -0.146. The number of rotatable bonds is 6. The van der Waals surface area contributed by atoms with Crippen LogP contribution in [0.15, 0.2) is 42.5 Å². The molecule has 0 amide bonds. The van der Waals surface area contributed by atoms with Crippen LogP contribution in [0.3, 0.4) is 0 Å². The first-order chi connectivity index (χ1) is 12.1. The molecule has 0 radical (unpaired) electrons. The number of carboxylic acid groups (broad SMARTS) is 1. The molecule has 26 heavy (non-hydrogen) atoms. The second-order valence-corrected chi connectivity index (χ2v) is 7.03. The van der Waals surface area contributed by atoms with Crippen LogP contribution in [-0.4, -0.2) is 64.9 Å². The van der Waals surface area contributed by atoms with Gasteiger partial charge in [-0.1, -0.05) is 42.5 Å². The van der Waals surface area contributed by atoms with Gasteiger partial charge >= 0.3 is 5.97 Å². The molecule has 0 bridgehead atoms. The number of nitrogens with zero attached hydrogens (tertiary/aromatic N) is 2. The second-order valence-electron chi connectivity index (χ2n) is 6.67. The number of thiol groups is 1. The van der Waals surface area contributed by atoms with Crippen molar-refractivity contribution < 1.29 is 9.90 Å². The molecule has 2 aromatic rings. The zero-order chi connectivity index (χ0) is 17.8. The highest BCUT2D eigenvalue weighted by atomic mass is 35.5. The Balaban J connectivity index is 0.00000243. The molecule has 0 aliphatic carbocycles. The van der Waals surface area contributed by atoms with Gasteiger partial charge < -0.3 is 10.8 Å². The van der Waals surface area contributed by atoms with Gasteiger partial charge in [0.15, 0.2) is 0 Å². The van der Waals surface area contributed by atoms with Crippen molar-refractivity contribution in [3.05, 3.63) is 48.0 Å². The summed E-state index contributed by atoms with van der Waals surface area (Å²) in [6.07, 6.45) is 0. The topological polar surface area (TPSA) is 69.8 Å². The van der Waals surface area contributed by atoms with Gasteiger partial charge in [-0.3, -0.25) is 14.6 Å². The van der Waals surface area contributed by atoms with E-state index in [0.717, 1.165) is 13.1 Å². The normalized spacial score (nSPS) is 19.8. The number of nitrogens with two attached hydrogens (primary N) is 1. The fourth-order valence-corrected chi connectivity index (χ4v) is 3.62. The van der Waals surface area contributed by atoms with Crippen LogP contribution < -0.4 is 5.73 Å². The molecule has 7 heteroatoms. The summed E-state index contributed by atoms with van der Waals surface area (Å²) in [7, 11) is 0. The molecular weight excluding hydrogens is 370 g/mol. The van der Waals surface area contributed by atoms with Gasteiger partial charge in [0.05, 0.1) is 0 Å². The van der Waals surface area contributed by atoms with Crippen molar-refractivity contribution in [1.82, 2.24) is 9.80 Å². The van der Waals surface area contributed by atoms with Crippen molar-refractivity contribution in [3.8, 4) is 0 Å². The van der Waals surface area contributed by atoms with Gasteiger partial charge in [0.2, 0.25) is 0 Å². The Bertz CT molecular complexity index is 740. The SMILES string of the molecule is Cl.NC(CS)CN1CCN(Cc2cccc3ccccc23)C(C(=O)O)C1. The molecule has 3 N–H and O–H groups in total. The van der Waals surface area contributed by atoms with E-state index in [1.807, 2.05) is 18.2 Å². The number of hydrogen-bond donors (Lipinski definition) is 3. The molecule has 0 spiro atoms. The molecular formula is C19H26ClN3O2S. The molecule has 1 aliphatic heterocycles. The maximum absolute atomic E-state index is 11.8. The van der Waals surface area contributed by atoms with E-state index in [4.69, 9.17) is 5.73 Å². The average Bonchev–Trinajstić information content (AvgIpc) is 2.63. The Morgan fingerprint density at radius 1 is 1.23 bits per heavy atom. The molecule has 1 saturated heterocycles. The van der Waals surface area contributed by atoms with Crippen LogP contribution in [-0.2, 0) is 11.3 Å². The van der Waals surface area contributed by atoms with E-state index in [-0.39, 0.29) is 18.4 Å². The maximum atomic E-state index is 11.8. The summed E-state index contributed by atoms with van der Waals surface area (Å²) in [5.74, 6) is -0.169. The first-order valence-corrected chi connectivity index (χ1v) is 9.24. The van der Waals surface area contributed by atoms with E-state index in [1.165, 1.54) is 16.3 Å². The van der Waals surface area contributed by atoms with Gasteiger partial charge in [-0.15, -0.1) is 12.4 Å². The Morgan fingerprint density at radius 3 is 2.69 bits per heavy atom. The summed E-state index contributed by atoms with van der Waals surface area (Å²) >= 11 is 4.22. The summed E-state index contributed by atoms with van der Waals surface area (Å²) in [4.78, 5) is 16.0. The van der Waals surface area contributed by atoms with Crippen LogP contribution in [0.25, 0.3) is 10.8 Å². The Morgan fingerprint density at radius 2 is 1.96 bits per heavy atom. The van der Waals surface area contributed by atoms with Gasteiger partial charge in [0.25, 0.3) is 0 Å². The smallest absolute Gasteiger partial charge is 0.322 e. The van der Waals surface area contributed by atoms with Crippen LogP contribution >= 0.6 is 25.0 Å². The number of halogens is 1. The van der Waals surface area contributed by atoms with E-state index in [1.54, 1.807) is 0 Å². The van der Waals surface area contributed by atoms with Gasteiger partial charge in [0, 0.05) is 44.5 Å². The van der Waals surface area contributed by atoms with Crippen LogP contribution in [0.1, 0.15) is 5.56 Å². The van der Waals surface area contributed by atoms with Gasteiger partial charge in [-0.2, -0.15) is 12.6 Å². The average molecular weight is 396 g/mol. The summed E-state index contributed by atoms with van der Waals surface area (Å²) in [5, 5.41) is 12.1. The Labute approximate surface area is 166 Å². The summed E-state index contributed by atoms with van der Waals surface area (Å²) in [5.41, 5.74) is 7.14. The lowest BCUT2D eigenvalue weighted by atomic mass is 10.0. The van der Waals surface area contributed by atoms with Crippen molar-refractivity contribution in [1.29, 1.82) is 0 Å². The van der Waals surface area contributed by atoms with E-state index in [0.29, 0.717) is 25.4 Å². The molecule has 2 aromatic carbocycles. The third kappa shape index (κ3) is 4.90. The second kappa shape index (κ2) is 9.58. The molecule has 142 valence electrons. The Hall–Kier alpha value is -1.31. The highest BCUT2D eigenvalue weighted by molar-refractivity contribution is 7.80. The van der Waals surface area contributed by atoms with Crippen LogP contribution in [0.5, 0.6) is 0 Å². The minimum Gasteiger partial charge on any atom is -0.480 e. The maximum Gasteiger partial charge on any atom is 0.322 e. The highest BCUT2D eigenvalue weighted by Gasteiger charge is 2.32. The monoisotopic (exact) mass is 395 g/mol. The number of hydrogen-bond acceptors (Lipinski definition) is 5. The molecule has 3 rings (SSSR count). The molecule has 0 saturated carbocycles. The van der Waals surface area contributed by atoms with Crippen molar-refractivity contribution in [2.75, 3.05) is 31.9 Å². The number of fused-ring (bicyclic) bond motifs is 1. The van der Waals surface area contributed by atoms with Crippen LogP contribution in [0.4, 0.5) is 0 Å². The minimum absolute atomic E-state index is 0. The fraction of sp³-hybridized carbons (Fsp3) is 0.421. The molecule has 1 fully saturated rings. The van der Waals surface area contributed by atoms with E-state index in [9.17, 15) is 9.90 Å². The van der Waals surface area contributed by atoms with E-state index >= 15 is 0 Å². The van der Waals surface area contributed by atoms with Crippen molar-refractivity contribution >= 4 is 41.8 Å². The van der Waals surface area contributed by atoms with Gasteiger partial charge in [-0.25, -0.2) is 0 Å². The number of carbonyl (C=O) groups is 1. The number of aliphatic carboxylic acids is 1. The Kier molecular flexibility index (Phi) is 7.73. The summed E-state index contributed by atoms with van der Waals surface area (Å²) < 4.78 is 0. The molecule has 2 atom stereocenters.